The van der Waals surface area contributed by atoms with E-state index in [-0.39, 0.29) is 23.4 Å². The van der Waals surface area contributed by atoms with Gasteiger partial charge in [-0.05, 0) is 43.0 Å². The second kappa shape index (κ2) is 7.37. The first-order chi connectivity index (χ1) is 12.3. The topological polar surface area (TPSA) is 49.1 Å². The molecule has 2 atom stereocenters. The Morgan fingerprint density at radius 1 is 1.42 bits per heavy atom. The molecule has 0 fully saturated rings. The molecule has 140 valence electrons. The molecule has 1 amide bonds. The molecule has 0 spiro atoms. The first-order valence-electron chi connectivity index (χ1n) is 8.94. The monoisotopic (exact) mass is 373 g/mol. The smallest absolute Gasteiger partial charge is 0.257 e. The van der Waals surface area contributed by atoms with Crippen molar-refractivity contribution >= 4 is 23.0 Å². The van der Waals surface area contributed by atoms with Crippen LogP contribution in [0.4, 0.5) is 0 Å². The van der Waals surface area contributed by atoms with E-state index in [1.165, 1.54) is 0 Å². The minimum atomic E-state index is -0.173. The molecular weight excluding hydrogens is 346 g/mol. The summed E-state index contributed by atoms with van der Waals surface area (Å²) in [4.78, 5) is 16.2. The second-order valence-electron chi connectivity index (χ2n) is 7.95. The van der Waals surface area contributed by atoms with Gasteiger partial charge in [0, 0.05) is 12.5 Å². The lowest BCUT2D eigenvalue weighted by Gasteiger charge is -2.35. The third-order valence-electron chi connectivity index (χ3n) is 5.14. The molecular formula is C20H27N3O2S. The van der Waals surface area contributed by atoms with Gasteiger partial charge in [0.15, 0.2) is 0 Å². The molecule has 1 aliphatic rings. The zero-order valence-electron chi connectivity index (χ0n) is 16.1. The van der Waals surface area contributed by atoms with Gasteiger partial charge in [-0.25, -0.2) is 5.01 Å². The van der Waals surface area contributed by atoms with Gasteiger partial charge in [0.25, 0.3) is 5.91 Å². The van der Waals surface area contributed by atoms with Crippen molar-refractivity contribution in [3.63, 3.8) is 0 Å². The fraction of sp³-hybridized carbons (Fsp3) is 0.500. The molecule has 3 heterocycles. The van der Waals surface area contributed by atoms with Crippen LogP contribution < -0.4 is 0 Å². The summed E-state index contributed by atoms with van der Waals surface area (Å²) in [6, 6.07) is 7.93. The lowest BCUT2D eigenvalue weighted by molar-refractivity contribution is -0.135. The van der Waals surface area contributed by atoms with Crippen LogP contribution in [0.1, 0.15) is 50.8 Å². The summed E-state index contributed by atoms with van der Waals surface area (Å²) in [5.74, 6) is 0.775. The van der Waals surface area contributed by atoms with Crippen LogP contribution in [0.3, 0.4) is 0 Å². The van der Waals surface area contributed by atoms with E-state index in [1.54, 1.807) is 22.6 Å². The van der Waals surface area contributed by atoms with Crippen molar-refractivity contribution in [2.24, 2.45) is 10.5 Å². The minimum absolute atomic E-state index is 0.00319. The number of nitrogens with zero attached hydrogens (tertiary/aromatic N) is 3. The number of thiophene rings is 1. The molecule has 26 heavy (non-hydrogen) atoms. The molecule has 6 heteroatoms. The van der Waals surface area contributed by atoms with E-state index in [2.05, 4.69) is 37.7 Å². The van der Waals surface area contributed by atoms with E-state index in [0.717, 1.165) is 16.3 Å². The third kappa shape index (κ3) is 3.91. The van der Waals surface area contributed by atoms with Crippen molar-refractivity contribution in [2.75, 3.05) is 13.6 Å². The summed E-state index contributed by atoms with van der Waals surface area (Å²) >= 11 is 1.65. The molecule has 0 bridgehead atoms. The third-order valence-corrected chi connectivity index (χ3v) is 6.06. The molecule has 0 saturated carbocycles. The molecule has 2 aromatic heterocycles. The number of carbonyl (C=O) groups is 1. The average Bonchev–Trinajstić information content (AvgIpc) is 3.31. The van der Waals surface area contributed by atoms with E-state index >= 15 is 0 Å². The van der Waals surface area contributed by atoms with E-state index in [9.17, 15) is 4.79 Å². The van der Waals surface area contributed by atoms with E-state index in [0.29, 0.717) is 13.0 Å². The van der Waals surface area contributed by atoms with Crippen molar-refractivity contribution in [1.82, 2.24) is 9.91 Å². The summed E-state index contributed by atoms with van der Waals surface area (Å²) in [5.41, 5.74) is 1.05. The highest BCUT2D eigenvalue weighted by Crippen LogP contribution is 2.34. The predicted octanol–water partition coefficient (Wildman–Crippen LogP) is 4.39. The molecule has 0 saturated heterocycles. The van der Waals surface area contributed by atoms with Crippen LogP contribution in [0, 0.1) is 5.41 Å². The SMILES string of the molecule is CC(N(C)CC(=O)N1N=C(c2cccs2)CC1c1ccco1)C(C)(C)C. The molecule has 0 aliphatic carbocycles. The number of hydrogen-bond acceptors (Lipinski definition) is 5. The molecule has 2 unspecified atom stereocenters. The van der Waals surface area contributed by atoms with Gasteiger partial charge < -0.3 is 4.42 Å². The van der Waals surface area contributed by atoms with Crippen molar-refractivity contribution in [2.45, 2.75) is 46.2 Å². The van der Waals surface area contributed by atoms with Crippen LogP contribution in [-0.2, 0) is 4.79 Å². The van der Waals surface area contributed by atoms with Crippen LogP contribution >= 0.6 is 11.3 Å². The largest absolute Gasteiger partial charge is 0.467 e. The highest BCUT2D eigenvalue weighted by Gasteiger charge is 2.36. The molecule has 0 aromatic carbocycles. The van der Waals surface area contributed by atoms with Gasteiger partial charge in [0.05, 0.1) is 23.4 Å². The Bertz CT molecular complexity index is 760. The Hall–Kier alpha value is -1.92. The molecule has 3 rings (SSSR count). The van der Waals surface area contributed by atoms with Crippen LogP contribution in [-0.4, -0.2) is 41.2 Å². The fourth-order valence-corrected chi connectivity index (χ4v) is 3.84. The van der Waals surface area contributed by atoms with Gasteiger partial charge in [0.1, 0.15) is 11.8 Å². The van der Waals surface area contributed by atoms with Gasteiger partial charge in [-0.2, -0.15) is 5.10 Å². The van der Waals surface area contributed by atoms with Crippen LogP contribution in [0.25, 0.3) is 0 Å². The summed E-state index contributed by atoms with van der Waals surface area (Å²) < 4.78 is 5.59. The summed E-state index contributed by atoms with van der Waals surface area (Å²) in [5, 5.41) is 8.31. The Labute approximate surface area is 159 Å². The maximum atomic E-state index is 13.0. The summed E-state index contributed by atoms with van der Waals surface area (Å²) in [7, 11) is 2.00. The zero-order chi connectivity index (χ0) is 18.9. The van der Waals surface area contributed by atoms with Gasteiger partial charge >= 0.3 is 0 Å². The fourth-order valence-electron chi connectivity index (χ4n) is 3.12. The number of hydrogen-bond donors (Lipinski definition) is 0. The lowest BCUT2D eigenvalue weighted by Crippen LogP contribution is -2.45. The molecule has 2 aromatic rings. The van der Waals surface area contributed by atoms with Crippen molar-refractivity contribution in [1.29, 1.82) is 0 Å². The number of hydrazone groups is 1. The quantitative estimate of drug-likeness (QED) is 0.781. The Kier molecular flexibility index (Phi) is 5.34. The van der Waals surface area contributed by atoms with E-state index < -0.39 is 0 Å². The van der Waals surface area contributed by atoms with Crippen molar-refractivity contribution in [3.8, 4) is 0 Å². The van der Waals surface area contributed by atoms with Gasteiger partial charge in [-0.15, -0.1) is 11.3 Å². The number of furan rings is 1. The highest BCUT2D eigenvalue weighted by molar-refractivity contribution is 7.12. The summed E-state index contributed by atoms with van der Waals surface area (Å²) in [6.45, 7) is 9.05. The standard InChI is InChI=1S/C20H27N3O2S/c1-14(20(2,3)4)22(5)13-19(24)23-16(17-8-6-10-25-17)12-15(21-23)18-9-7-11-26-18/h6-11,14,16H,12-13H2,1-5H3. The molecule has 0 N–H and O–H groups in total. The normalized spacial score (nSPS) is 19.1. The van der Waals surface area contributed by atoms with E-state index in [4.69, 9.17) is 4.42 Å². The number of likely N-dealkylation sites (N-methyl/N-ethyl adjacent to an activating group) is 1. The highest BCUT2D eigenvalue weighted by atomic mass is 32.1. The number of rotatable bonds is 5. The first-order valence-corrected chi connectivity index (χ1v) is 9.82. The summed E-state index contributed by atoms with van der Waals surface area (Å²) in [6.07, 6.45) is 2.33. The Morgan fingerprint density at radius 3 is 2.77 bits per heavy atom. The van der Waals surface area contributed by atoms with Gasteiger partial charge in [-0.1, -0.05) is 26.8 Å². The maximum Gasteiger partial charge on any atom is 0.257 e. The molecule has 1 aliphatic heterocycles. The van der Waals surface area contributed by atoms with Crippen molar-refractivity contribution < 1.29 is 9.21 Å². The molecule has 0 radical (unpaired) electrons. The molecule has 5 nitrogen and oxygen atoms in total. The lowest BCUT2D eigenvalue weighted by atomic mass is 9.87. The first kappa shape index (κ1) is 18.9. The number of carbonyl (C=O) groups excluding carboxylic acids is 1. The van der Waals surface area contributed by atoms with Crippen LogP contribution in [0.15, 0.2) is 45.4 Å². The predicted molar refractivity (Wildman–Crippen MR) is 105 cm³/mol. The Balaban J connectivity index is 1.80. The van der Waals surface area contributed by atoms with Gasteiger partial charge in [0.2, 0.25) is 0 Å². The van der Waals surface area contributed by atoms with Crippen LogP contribution in [0.5, 0.6) is 0 Å². The number of amides is 1. The van der Waals surface area contributed by atoms with Gasteiger partial charge in [-0.3, -0.25) is 9.69 Å². The second-order valence-corrected chi connectivity index (χ2v) is 8.90. The average molecular weight is 374 g/mol. The van der Waals surface area contributed by atoms with E-state index in [1.807, 2.05) is 36.7 Å². The van der Waals surface area contributed by atoms with Crippen LogP contribution in [0.2, 0.25) is 0 Å². The zero-order valence-corrected chi connectivity index (χ0v) is 16.9. The maximum absolute atomic E-state index is 13.0. The minimum Gasteiger partial charge on any atom is -0.467 e. The van der Waals surface area contributed by atoms with Crippen molar-refractivity contribution in [3.05, 3.63) is 46.5 Å². The Morgan fingerprint density at radius 2 is 2.19 bits per heavy atom.